The maximum atomic E-state index is 13.9. The summed E-state index contributed by atoms with van der Waals surface area (Å²) in [5.41, 5.74) is 0. The molecule has 1 aliphatic rings. The van der Waals surface area contributed by atoms with Crippen molar-refractivity contribution in [2.75, 3.05) is 6.54 Å². The Kier molecular flexibility index (Phi) is 7.95. The summed E-state index contributed by atoms with van der Waals surface area (Å²) in [6.07, 6.45) is 9.64. The Labute approximate surface area is 162 Å². The second-order valence-corrected chi connectivity index (χ2v) is 8.09. The number of hydrogen-bond donors (Lipinski definition) is 1. The fraction of sp³-hybridized carbons (Fsp3) is 0.600. The van der Waals surface area contributed by atoms with Gasteiger partial charge in [-0.1, -0.05) is 38.3 Å². The largest absolute Gasteiger partial charge is 0.477 e. The van der Waals surface area contributed by atoms with E-state index in [-0.39, 0.29) is 11.4 Å². The molecular formula is C20H27F2NO3S. The van der Waals surface area contributed by atoms with E-state index in [9.17, 15) is 18.4 Å². The van der Waals surface area contributed by atoms with E-state index in [0.717, 1.165) is 30.6 Å². The highest BCUT2D eigenvalue weighted by molar-refractivity contribution is 7.13. The van der Waals surface area contributed by atoms with Gasteiger partial charge in [0.1, 0.15) is 4.88 Å². The van der Waals surface area contributed by atoms with Gasteiger partial charge in [0.25, 0.3) is 5.91 Å². The number of carbonyl (C=O) groups excluding carboxylic acids is 1. The van der Waals surface area contributed by atoms with E-state index in [0.29, 0.717) is 12.8 Å². The molecule has 2 rings (SSSR count). The summed E-state index contributed by atoms with van der Waals surface area (Å²) >= 11 is 1.18. The Morgan fingerprint density at radius 1 is 1.33 bits per heavy atom. The van der Waals surface area contributed by atoms with E-state index in [1.165, 1.54) is 22.7 Å². The number of carboxylic acid groups (broad SMARTS) is 1. The predicted molar refractivity (Wildman–Crippen MR) is 103 cm³/mol. The number of aromatic carboxylic acids is 1. The number of nitrogens with zero attached hydrogens (tertiary/aromatic N) is 1. The molecule has 0 aromatic carbocycles. The van der Waals surface area contributed by atoms with Crippen molar-refractivity contribution in [3.8, 4) is 0 Å². The first kappa shape index (κ1) is 21.5. The first-order chi connectivity index (χ1) is 12.8. The van der Waals surface area contributed by atoms with Gasteiger partial charge in [0.2, 0.25) is 0 Å². The molecule has 150 valence electrons. The SMILES string of the molecule is CCCCCC/C=C/C1CC(F)(F)C(=O)N1CCCc1ccc(C(=O)O)s1. The molecule has 0 saturated carbocycles. The molecule has 0 bridgehead atoms. The van der Waals surface area contributed by atoms with Crippen LogP contribution < -0.4 is 0 Å². The molecule has 4 nitrogen and oxygen atoms in total. The Balaban J connectivity index is 1.87. The van der Waals surface area contributed by atoms with E-state index >= 15 is 0 Å². The van der Waals surface area contributed by atoms with Gasteiger partial charge in [-0.15, -0.1) is 11.3 Å². The highest BCUT2D eigenvalue weighted by Gasteiger charge is 2.52. The number of thiophene rings is 1. The number of unbranched alkanes of at least 4 members (excludes halogenated alkanes) is 4. The van der Waals surface area contributed by atoms with Crippen LogP contribution in [0.15, 0.2) is 24.3 Å². The first-order valence-corrected chi connectivity index (χ1v) is 10.3. The quantitative estimate of drug-likeness (QED) is 0.414. The van der Waals surface area contributed by atoms with E-state index in [2.05, 4.69) is 6.92 Å². The summed E-state index contributed by atoms with van der Waals surface area (Å²) in [6, 6.07) is 2.72. The lowest BCUT2D eigenvalue weighted by Crippen LogP contribution is -2.36. The Hall–Kier alpha value is -1.76. The number of rotatable bonds is 11. The van der Waals surface area contributed by atoms with Gasteiger partial charge in [-0.25, -0.2) is 4.79 Å². The second-order valence-electron chi connectivity index (χ2n) is 6.93. The number of amides is 1. The molecule has 1 unspecified atom stereocenters. The third kappa shape index (κ3) is 6.13. The van der Waals surface area contributed by atoms with Crippen LogP contribution in [0.3, 0.4) is 0 Å². The van der Waals surface area contributed by atoms with E-state index in [1.54, 1.807) is 18.2 Å². The monoisotopic (exact) mass is 399 g/mol. The molecule has 1 N–H and O–H groups in total. The number of hydrogen-bond acceptors (Lipinski definition) is 3. The lowest BCUT2D eigenvalue weighted by atomic mass is 10.1. The van der Waals surface area contributed by atoms with Crippen molar-refractivity contribution in [3.05, 3.63) is 34.0 Å². The third-order valence-corrected chi connectivity index (χ3v) is 5.85. The summed E-state index contributed by atoms with van der Waals surface area (Å²) in [6.45, 7) is 2.39. The molecule has 1 aromatic heterocycles. The number of halogens is 2. The number of carbonyl (C=O) groups is 2. The van der Waals surface area contributed by atoms with Gasteiger partial charge in [0.05, 0.1) is 6.04 Å². The Bertz CT molecular complexity index is 672. The van der Waals surface area contributed by atoms with Crippen molar-refractivity contribution in [3.63, 3.8) is 0 Å². The van der Waals surface area contributed by atoms with Crippen molar-refractivity contribution in [1.29, 1.82) is 0 Å². The van der Waals surface area contributed by atoms with Crippen LogP contribution in [0.1, 0.15) is 66.4 Å². The molecule has 1 fully saturated rings. The fourth-order valence-electron chi connectivity index (χ4n) is 3.25. The molecular weight excluding hydrogens is 372 g/mol. The number of aryl methyl sites for hydroxylation is 1. The summed E-state index contributed by atoms with van der Waals surface area (Å²) in [5.74, 6) is -5.36. The maximum Gasteiger partial charge on any atom is 0.345 e. The second kappa shape index (κ2) is 9.97. The van der Waals surface area contributed by atoms with Crippen molar-refractivity contribution in [2.45, 2.75) is 70.3 Å². The van der Waals surface area contributed by atoms with Gasteiger partial charge in [-0.3, -0.25) is 4.79 Å². The molecule has 1 aliphatic heterocycles. The molecule has 1 saturated heterocycles. The number of carboxylic acids is 1. The molecule has 1 amide bonds. The van der Waals surface area contributed by atoms with E-state index in [4.69, 9.17) is 5.11 Å². The van der Waals surface area contributed by atoms with Crippen molar-refractivity contribution in [2.24, 2.45) is 0 Å². The average Bonchev–Trinajstić information content (AvgIpc) is 3.16. The van der Waals surface area contributed by atoms with Crippen LogP contribution in [-0.2, 0) is 11.2 Å². The Morgan fingerprint density at radius 3 is 2.78 bits per heavy atom. The summed E-state index contributed by atoms with van der Waals surface area (Å²) in [4.78, 5) is 25.3. The molecule has 1 atom stereocenters. The molecule has 1 aromatic rings. The fourth-order valence-corrected chi connectivity index (χ4v) is 4.14. The predicted octanol–water partition coefficient (Wildman–Crippen LogP) is 5.14. The van der Waals surface area contributed by atoms with Crippen LogP contribution >= 0.6 is 11.3 Å². The lowest BCUT2D eigenvalue weighted by molar-refractivity contribution is -0.148. The molecule has 0 radical (unpaired) electrons. The minimum Gasteiger partial charge on any atom is -0.477 e. The zero-order valence-corrected chi connectivity index (χ0v) is 16.4. The first-order valence-electron chi connectivity index (χ1n) is 9.52. The molecule has 0 spiro atoms. The summed E-state index contributed by atoms with van der Waals surface area (Å²) < 4.78 is 27.7. The summed E-state index contributed by atoms with van der Waals surface area (Å²) in [7, 11) is 0. The van der Waals surface area contributed by atoms with Gasteiger partial charge in [-0.2, -0.15) is 8.78 Å². The van der Waals surface area contributed by atoms with E-state index < -0.39 is 30.3 Å². The molecule has 2 heterocycles. The van der Waals surface area contributed by atoms with Gasteiger partial charge in [0.15, 0.2) is 0 Å². The van der Waals surface area contributed by atoms with Crippen LogP contribution in [0, 0.1) is 0 Å². The molecule has 7 heteroatoms. The minimum absolute atomic E-state index is 0.250. The maximum absolute atomic E-state index is 13.9. The number of alkyl halides is 2. The molecule has 0 aliphatic carbocycles. The highest BCUT2D eigenvalue weighted by Crippen LogP contribution is 2.34. The Morgan fingerprint density at radius 2 is 2.11 bits per heavy atom. The van der Waals surface area contributed by atoms with Crippen LogP contribution in [0.4, 0.5) is 8.78 Å². The van der Waals surface area contributed by atoms with Crippen LogP contribution in [-0.4, -0.2) is 40.4 Å². The number of allylic oxidation sites excluding steroid dienone is 1. The van der Waals surface area contributed by atoms with Gasteiger partial charge >= 0.3 is 11.9 Å². The van der Waals surface area contributed by atoms with Crippen molar-refractivity contribution >= 4 is 23.2 Å². The van der Waals surface area contributed by atoms with Crippen molar-refractivity contribution in [1.82, 2.24) is 4.90 Å². The zero-order chi connectivity index (χ0) is 19.9. The van der Waals surface area contributed by atoms with Crippen LogP contribution in [0.25, 0.3) is 0 Å². The highest BCUT2D eigenvalue weighted by atomic mass is 32.1. The standard InChI is InChI=1S/C20H27F2NO3S/c1-2-3-4-5-6-7-9-15-14-20(21,22)19(26)23(15)13-8-10-16-11-12-17(27-16)18(24)25/h7,9,11-12,15H,2-6,8,10,13-14H2,1H3,(H,24,25)/b9-7+. The molecule has 27 heavy (non-hydrogen) atoms. The summed E-state index contributed by atoms with van der Waals surface area (Å²) in [5, 5.41) is 8.94. The van der Waals surface area contributed by atoms with Gasteiger partial charge in [0, 0.05) is 17.8 Å². The average molecular weight is 400 g/mol. The normalized spacial score (nSPS) is 19.3. The number of likely N-dealkylation sites (tertiary alicyclic amines) is 1. The lowest BCUT2D eigenvalue weighted by Gasteiger charge is -2.21. The van der Waals surface area contributed by atoms with Gasteiger partial charge in [-0.05, 0) is 37.8 Å². The van der Waals surface area contributed by atoms with E-state index in [1.807, 2.05) is 6.08 Å². The van der Waals surface area contributed by atoms with Crippen LogP contribution in [0.2, 0.25) is 0 Å². The van der Waals surface area contributed by atoms with Crippen LogP contribution in [0.5, 0.6) is 0 Å². The third-order valence-electron chi connectivity index (χ3n) is 4.72. The zero-order valence-electron chi connectivity index (χ0n) is 15.6. The van der Waals surface area contributed by atoms with Gasteiger partial charge < -0.3 is 10.0 Å². The smallest absolute Gasteiger partial charge is 0.345 e. The minimum atomic E-state index is -3.30. The topological polar surface area (TPSA) is 57.6 Å². The van der Waals surface area contributed by atoms with Crippen molar-refractivity contribution < 1.29 is 23.5 Å².